The monoisotopic (exact) mass is 435 g/mol. The minimum Gasteiger partial charge on any atom is -0.507 e. The number of hydrogen-bond acceptors (Lipinski definition) is 7. The summed E-state index contributed by atoms with van der Waals surface area (Å²) in [6, 6.07) is 8.99. The predicted octanol–water partition coefficient (Wildman–Crippen LogP) is 4.45. The summed E-state index contributed by atoms with van der Waals surface area (Å²) in [5, 5.41) is 20.8. The van der Waals surface area contributed by atoms with Crippen molar-refractivity contribution in [3.63, 3.8) is 0 Å². The van der Waals surface area contributed by atoms with E-state index in [2.05, 4.69) is 15.5 Å². The van der Waals surface area contributed by atoms with E-state index in [4.69, 9.17) is 32.4 Å². The molecule has 150 valence electrons. The maximum Gasteiger partial charge on any atom is 0.342 e. The van der Waals surface area contributed by atoms with Crippen LogP contribution in [0.15, 0.2) is 40.8 Å². The molecule has 0 saturated heterocycles. The van der Waals surface area contributed by atoms with Gasteiger partial charge < -0.3 is 19.6 Å². The predicted molar refractivity (Wildman–Crippen MR) is 106 cm³/mol. The molecule has 0 atom stereocenters. The van der Waals surface area contributed by atoms with E-state index < -0.39 is 5.97 Å². The van der Waals surface area contributed by atoms with Crippen LogP contribution in [0.2, 0.25) is 10.0 Å². The third-order valence-corrected chi connectivity index (χ3v) is 4.42. The molecule has 0 radical (unpaired) electrons. The van der Waals surface area contributed by atoms with Gasteiger partial charge in [-0.25, -0.2) is 4.79 Å². The fourth-order valence-corrected chi connectivity index (χ4v) is 2.91. The van der Waals surface area contributed by atoms with Gasteiger partial charge in [-0.05, 0) is 30.3 Å². The molecule has 29 heavy (non-hydrogen) atoms. The number of anilines is 1. The van der Waals surface area contributed by atoms with Crippen molar-refractivity contribution < 1.29 is 23.8 Å². The second kappa shape index (κ2) is 8.93. The number of phenols is 1. The number of hydrogen-bond donors (Lipinski definition) is 2. The van der Waals surface area contributed by atoms with Crippen molar-refractivity contribution in [2.45, 2.75) is 20.0 Å². The average molecular weight is 436 g/mol. The molecular formula is C19H15Cl2N3O5. The van der Waals surface area contributed by atoms with Crippen LogP contribution in [0.1, 0.15) is 29.6 Å². The topological polar surface area (TPSA) is 115 Å². The number of phenolic OH excluding ortho intramolecular Hbond substituents is 1. The lowest BCUT2D eigenvalue weighted by molar-refractivity contribution is -0.115. The Bertz CT molecular complexity index is 1050. The summed E-state index contributed by atoms with van der Waals surface area (Å²) in [5.41, 5.74) is 0.612. The Balaban J connectivity index is 1.71. The van der Waals surface area contributed by atoms with E-state index in [1.807, 2.05) is 0 Å². The average Bonchev–Trinajstić information content (AvgIpc) is 3.16. The fraction of sp³-hybridized carbons (Fsp3) is 0.158. The summed E-state index contributed by atoms with van der Waals surface area (Å²) >= 11 is 12.2. The smallest absolute Gasteiger partial charge is 0.342 e. The molecule has 1 amide bonds. The van der Waals surface area contributed by atoms with Gasteiger partial charge in [0.15, 0.2) is 6.61 Å². The first-order chi connectivity index (χ1) is 13.9. The quantitative estimate of drug-likeness (QED) is 0.433. The maximum atomic E-state index is 12.3. The summed E-state index contributed by atoms with van der Waals surface area (Å²) in [6.45, 7) is 1.36. The molecule has 2 aromatic carbocycles. The normalized spacial score (nSPS) is 10.6. The first-order valence-electron chi connectivity index (χ1n) is 8.45. The summed E-state index contributed by atoms with van der Waals surface area (Å²) in [7, 11) is 0. The number of aromatic hydroxyl groups is 1. The number of carbonyl (C=O) groups excluding carboxylic acids is 2. The van der Waals surface area contributed by atoms with E-state index in [-0.39, 0.29) is 42.0 Å². The Morgan fingerprint density at radius 2 is 1.90 bits per heavy atom. The highest BCUT2D eigenvalue weighted by Gasteiger charge is 2.18. The Hall–Kier alpha value is -3.10. The molecule has 0 aliphatic rings. The van der Waals surface area contributed by atoms with Gasteiger partial charge in [-0.15, -0.1) is 10.2 Å². The van der Waals surface area contributed by atoms with Crippen LogP contribution in [0.4, 0.5) is 5.69 Å². The van der Waals surface area contributed by atoms with Crippen LogP contribution in [-0.2, 0) is 16.1 Å². The van der Waals surface area contributed by atoms with Crippen molar-refractivity contribution in [3.8, 4) is 17.2 Å². The van der Waals surface area contributed by atoms with E-state index in [0.717, 1.165) is 0 Å². The first-order valence-corrected chi connectivity index (χ1v) is 9.21. The number of halogens is 2. The molecular weight excluding hydrogens is 421 g/mol. The third-order valence-electron chi connectivity index (χ3n) is 3.79. The molecule has 2 N–H and O–H groups in total. The number of carbonyl (C=O) groups is 2. The van der Waals surface area contributed by atoms with E-state index in [1.54, 1.807) is 25.1 Å². The number of ether oxygens (including phenoxy) is 1. The van der Waals surface area contributed by atoms with Gasteiger partial charge in [0.1, 0.15) is 11.3 Å². The van der Waals surface area contributed by atoms with Gasteiger partial charge in [0.2, 0.25) is 5.91 Å². The van der Waals surface area contributed by atoms with Crippen LogP contribution in [0.3, 0.4) is 0 Å². The highest BCUT2D eigenvalue weighted by Crippen LogP contribution is 2.33. The molecule has 10 heteroatoms. The number of amides is 1. The number of nitrogens with one attached hydrogen (secondary N) is 1. The second-order valence-corrected chi connectivity index (χ2v) is 6.62. The molecule has 0 saturated carbocycles. The lowest BCUT2D eigenvalue weighted by Gasteiger charge is -2.08. The van der Waals surface area contributed by atoms with Crippen LogP contribution >= 0.6 is 23.2 Å². The van der Waals surface area contributed by atoms with E-state index in [1.165, 1.54) is 18.2 Å². The summed E-state index contributed by atoms with van der Waals surface area (Å²) in [4.78, 5) is 23.8. The van der Waals surface area contributed by atoms with Crippen molar-refractivity contribution in [3.05, 3.63) is 57.9 Å². The second-order valence-electron chi connectivity index (χ2n) is 5.81. The lowest BCUT2D eigenvalue weighted by Crippen LogP contribution is -2.11. The van der Waals surface area contributed by atoms with E-state index >= 15 is 0 Å². The molecule has 0 aliphatic heterocycles. The first kappa shape index (κ1) is 20.6. The van der Waals surface area contributed by atoms with Crippen LogP contribution in [-0.4, -0.2) is 27.2 Å². The van der Waals surface area contributed by atoms with Crippen molar-refractivity contribution in [1.82, 2.24) is 10.2 Å². The zero-order valence-corrected chi connectivity index (χ0v) is 16.6. The van der Waals surface area contributed by atoms with Gasteiger partial charge in [0.05, 0.1) is 15.6 Å². The molecule has 0 aliphatic carbocycles. The Labute approximate surface area is 175 Å². The van der Waals surface area contributed by atoms with E-state index in [0.29, 0.717) is 21.3 Å². The van der Waals surface area contributed by atoms with Gasteiger partial charge in [-0.3, -0.25) is 4.79 Å². The molecule has 3 aromatic rings. The molecule has 8 nitrogen and oxygen atoms in total. The molecule has 0 unspecified atom stereocenters. The molecule has 1 heterocycles. The zero-order chi connectivity index (χ0) is 21.0. The highest BCUT2D eigenvalue weighted by molar-refractivity contribution is 6.38. The summed E-state index contributed by atoms with van der Waals surface area (Å²) < 4.78 is 10.6. The number of benzene rings is 2. The minimum absolute atomic E-state index is 0.0132. The van der Waals surface area contributed by atoms with Crippen LogP contribution in [0, 0.1) is 0 Å². The Morgan fingerprint density at radius 1 is 1.17 bits per heavy atom. The highest BCUT2D eigenvalue weighted by atomic mass is 35.5. The van der Waals surface area contributed by atoms with Crippen molar-refractivity contribution in [1.29, 1.82) is 0 Å². The molecule has 3 rings (SSSR count). The summed E-state index contributed by atoms with van der Waals surface area (Å²) in [6.07, 6.45) is 0.273. The lowest BCUT2D eigenvalue weighted by atomic mass is 10.1. The number of nitrogens with zero attached hydrogens (tertiary/aromatic N) is 2. The number of rotatable bonds is 6. The Morgan fingerprint density at radius 3 is 2.59 bits per heavy atom. The van der Waals surface area contributed by atoms with Gasteiger partial charge in [0, 0.05) is 12.1 Å². The standard InChI is InChI=1S/C19H15Cl2N3O5/c1-2-15(26)22-10-6-7-14(25)11(8-10)19(27)28-9-16-23-24-18(29-16)17-12(20)4-3-5-13(17)21/h3-8,25H,2,9H2,1H3,(H,22,26). The van der Waals surface area contributed by atoms with Gasteiger partial charge in [0.25, 0.3) is 11.8 Å². The number of aromatic nitrogens is 2. The van der Waals surface area contributed by atoms with Crippen molar-refractivity contribution >= 4 is 40.8 Å². The van der Waals surface area contributed by atoms with Crippen LogP contribution in [0.25, 0.3) is 11.5 Å². The largest absolute Gasteiger partial charge is 0.507 e. The Kier molecular flexibility index (Phi) is 6.36. The van der Waals surface area contributed by atoms with Gasteiger partial charge >= 0.3 is 5.97 Å². The molecule has 0 spiro atoms. The van der Waals surface area contributed by atoms with Crippen molar-refractivity contribution in [2.75, 3.05) is 5.32 Å². The minimum atomic E-state index is -0.828. The van der Waals surface area contributed by atoms with Gasteiger partial charge in [-0.2, -0.15) is 0 Å². The van der Waals surface area contributed by atoms with Gasteiger partial charge in [-0.1, -0.05) is 36.2 Å². The third kappa shape index (κ3) is 4.85. The van der Waals surface area contributed by atoms with Crippen LogP contribution < -0.4 is 5.32 Å². The van der Waals surface area contributed by atoms with Crippen LogP contribution in [0.5, 0.6) is 5.75 Å². The molecule has 0 fully saturated rings. The fourth-order valence-electron chi connectivity index (χ4n) is 2.35. The molecule has 1 aromatic heterocycles. The van der Waals surface area contributed by atoms with Crippen molar-refractivity contribution in [2.24, 2.45) is 0 Å². The maximum absolute atomic E-state index is 12.3. The summed E-state index contributed by atoms with van der Waals surface area (Å²) in [5.74, 6) is -1.26. The SMILES string of the molecule is CCC(=O)Nc1ccc(O)c(C(=O)OCc2nnc(-c3c(Cl)cccc3Cl)o2)c1. The van der Waals surface area contributed by atoms with E-state index in [9.17, 15) is 14.7 Å². The number of esters is 1. The molecule has 0 bridgehead atoms. The zero-order valence-electron chi connectivity index (χ0n) is 15.1.